The number of carbonyl (C=O) groups excluding carboxylic acids is 1. The van der Waals surface area contributed by atoms with Crippen molar-refractivity contribution in [3.05, 3.63) is 105 Å². The number of hydrogen-bond donors (Lipinski definition) is 3. The van der Waals surface area contributed by atoms with Gasteiger partial charge in [0, 0.05) is 30.2 Å². The minimum atomic E-state index is -0.932. The van der Waals surface area contributed by atoms with Crippen LogP contribution >= 0.6 is 0 Å². The van der Waals surface area contributed by atoms with Gasteiger partial charge in [0.2, 0.25) is 0 Å². The first-order valence-electron chi connectivity index (χ1n) is 9.43. The molecule has 0 atom stereocenters. The number of pyridine rings is 1. The zero-order valence-corrected chi connectivity index (χ0v) is 16.7. The molecule has 0 fully saturated rings. The molecule has 166 valence electrons. The highest BCUT2D eigenvalue weighted by Crippen LogP contribution is 2.27. The number of amides is 1. The van der Waals surface area contributed by atoms with Crippen molar-refractivity contribution < 1.29 is 18.3 Å². The van der Waals surface area contributed by atoms with Crippen molar-refractivity contribution >= 4 is 17.4 Å². The van der Waals surface area contributed by atoms with Gasteiger partial charge in [0.25, 0.3) is 11.5 Å². The van der Waals surface area contributed by atoms with E-state index in [0.717, 1.165) is 24.4 Å². The molecule has 4 aromatic rings. The number of benzene rings is 2. The van der Waals surface area contributed by atoms with Crippen molar-refractivity contribution in [1.29, 1.82) is 0 Å². The third kappa shape index (κ3) is 4.61. The lowest BCUT2D eigenvalue weighted by molar-refractivity contribution is 0.102. The molecule has 0 saturated carbocycles. The minimum absolute atomic E-state index is 0.0398. The van der Waals surface area contributed by atoms with E-state index in [-0.39, 0.29) is 28.7 Å². The van der Waals surface area contributed by atoms with Crippen LogP contribution in [0.5, 0.6) is 11.5 Å². The summed E-state index contributed by atoms with van der Waals surface area (Å²) in [5.41, 5.74) is 3.52. The van der Waals surface area contributed by atoms with Gasteiger partial charge < -0.3 is 20.8 Å². The van der Waals surface area contributed by atoms with Crippen LogP contribution < -0.4 is 27.0 Å². The molecule has 0 saturated heterocycles. The summed E-state index contributed by atoms with van der Waals surface area (Å²) in [4.78, 5) is 43.6. The van der Waals surface area contributed by atoms with E-state index in [1.165, 1.54) is 42.6 Å². The van der Waals surface area contributed by atoms with Gasteiger partial charge in [-0.3, -0.25) is 9.59 Å². The summed E-state index contributed by atoms with van der Waals surface area (Å²) in [5, 5.41) is 2.39. The number of H-pyrrole nitrogens is 1. The summed E-state index contributed by atoms with van der Waals surface area (Å²) in [6.07, 6.45) is 2.35. The number of nitrogens with two attached hydrogens (primary N) is 1. The molecule has 0 unspecified atom stereocenters. The first-order valence-corrected chi connectivity index (χ1v) is 9.43. The molecule has 0 aliphatic heterocycles. The number of carbonyl (C=O) groups is 1. The molecule has 2 aromatic heterocycles. The topological polar surface area (TPSA) is 132 Å². The van der Waals surface area contributed by atoms with Crippen LogP contribution in [0.3, 0.4) is 0 Å². The molecule has 4 N–H and O–H groups in total. The van der Waals surface area contributed by atoms with E-state index in [4.69, 9.17) is 10.5 Å². The summed E-state index contributed by atoms with van der Waals surface area (Å²) >= 11 is 0. The number of nitrogens with one attached hydrogen (secondary N) is 2. The molecule has 0 aliphatic rings. The molecule has 2 aromatic carbocycles. The smallest absolute Gasteiger partial charge is 0.333 e. The molecule has 0 aliphatic carbocycles. The second-order valence-corrected chi connectivity index (χ2v) is 6.74. The number of hydrogen-bond acceptors (Lipinski definition) is 6. The Labute approximate surface area is 184 Å². The maximum atomic E-state index is 14.5. The van der Waals surface area contributed by atoms with Crippen LogP contribution in [0, 0.1) is 11.6 Å². The van der Waals surface area contributed by atoms with E-state index >= 15 is 0 Å². The Morgan fingerprint density at radius 2 is 1.82 bits per heavy atom. The first-order chi connectivity index (χ1) is 15.8. The van der Waals surface area contributed by atoms with Crippen molar-refractivity contribution in [2.45, 2.75) is 0 Å². The zero-order chi connectivity index (χ0) is 23.5. The average molecular weight is 451 g/mol. The van der Waals surface area contributed by atoms with Crippen LogP contribution in [0.1, 0.15) is 10.4 Å². The van der Waals surface area contributed by atoms with E-state index in [1.54, 1.807) is 0 Å². The molecule has 0 radical (unpaired) electrons. The van der Waals surface area contributed by atoms with Gasteiger partial charge in [-0.25, -0.2) is 23.1 Å². The van der Waals surface area contributed by atoms with Crippen LogP contribution in [0.4, 0.5) is 20.3 Å². The van der Waals surface area contributed by atoms with Crippen LogP contribution in [-0.2, 0) is 0 Å². The first kappa shape index (κ1) is 21.4. The van der Waals surface area contributed by atoms with E-state index in [2.05, 4.69) is 15.3 Å². The lowest BCUT2D eigenvalue weighted by Gasteiger charge is -2.10. The Kier molecular flexibility index (Phi) is 5.68. The van der Waals surface area contributed by atoms with Gasteiger partial charge in [0.15, 0.2) is 11.6 Å². The maximum absolute atomic E-state index is 14.5. The van der Waals surface area contributed by atoms with Crippen molar-refractivity contribution in [2.75, 3.05) is 11.1 Å². The van der Waals surface area contributed by atoms with Gasteiger partial charge in [-0.05, 0) is 42.5 Å². The number of aromatic amines is 1. The SMILES string of the molecule is Nc1cc(Oc2ccc(NC(=O)c3c[nH]c(=O)n(-c4ccc(F)cc4)c3=O)cc2F)ccn1. The zero-order valence-electron chi connectivity index (χ0n) is 16.7. The summed E-state index contributed by atoms with van der Waals surface area (Å²) in [6.45, 7) is 0. The summed E-state index contributed by atoms with van der Waals surface area (Å²) in [5.74, 6) is -1.88. The standard InChI is InChI=1S/C22H15F2N5O4/c23-12-1-4-14(5-2-12)29-21(31)16(11-27-22(29)32)20(30)28-13-3-6-18(17(24)9-13)33-15-7-8-26-19(25)10-15/h1-11H,(H2,25,26)(H,27,32)(H,28,30). The van der Waals surface area contributed by atoms with Gasteiger partial charge >= 0.3 is 5.69 Å². The summed E-state index contributed by atoms with van der Waals surface area (Å²) < 4.78 is 33.7. The highest BCUT2D eigenvalue weighted by molar-refractivity contribution is 6.03. The Bertz CT molecular complexity index is 1470. The number of halogens is 2. The second kappa shape index (κ2) is 8.75. The predicted octanol–water partition coefficient (Wildman–Crippen LogP) is 2.83. The van der Waals surface area contributed by atoms with E-state index in [1.807, 2.05) is 0 Å². The number of anilines is 2. The molecule has 0 spiro atoms. The van der Waals surface area contributed by atoms with Gasteiger partial charge in [-0.15, -0.1) is 0 Å². The predicted molar refractivity (Wildman–Crippen MR) is 116 cm³/mol. The fourth-order valence-electron chi connectivity index (χ4n) is 2.94. The van der Waals surface area contributed by atoms with Gasteiger partial charge in [0.05, 0.1) is 5.69 Å². The Morgan fingerprint density at radius 1 is 1.06 bits per heavy atom. The number of rotatable bonds is 5. The van der Waals surface area contributed by atoms with E-state index in [0.29, 0.717) is 4.57 Å². The Balaban J connectivity index is 1.58. The Hall–Kier alpha value is -4.80. The van der Waals surface area contributed by atoms with Crippen LogP contribution in [0.2, 0.25) is 0 Å². The number of ether oxygens (including phenoxy) is 1. The van der Waals surface area contributed by atoms with E-state index in [9.17, 15) is 23.2 Å². The molecular formula is C22H15F2N5O4. The summed E-state index contributed by atoms with van der Waals surface area (Å²) in [7, 11) is 0. The van der Waals surface area contributed by atoms with Crippen LogP contribution in [0.15, 0.2) is 76.6 Å². The minimum Gasteiger partial charge on any atom is -0.454 e. The quantitative estimate of drug-likeness (QED) is 0.428. The average Bonchev–Trinajstić information content (AvgIpc) is 2.77. The fourth-order valence-corrected chi connectivity index (χ4v) is 2.94. The highest BCUT2D eigenvalue weighted by atomic mass is 19.1. The van der Waals surface area contributed by atoms with Crippen LogP contribution in [-0.4, -0.2) is 20.4 Å². The number of aromatic nitrogens is 3. The largest absolute Gasteiger partial charge is 0.454 e. The molecule has 2 heterocycles. The third-order valence-electron chi connectivity index (χ3n) is 4.48. The lowest BCUT2D eigenvalue weighted by atomic mass is 10.2. The molecule has 1 amide bonds. The molecule has 33 heavy (non-hydrogen) atoms. The third-order valence-corrected chi connectivity index (χ3v) is 4.48. The van der Waals surface area contributed by atoms with Gasteiger partial charge in [-0.2, -0.15) is 0 Å². The van der Waals surface area contributed by atoms with Crippen LogP contribution in [0.25, 0.3) is 5.69 Å². The van der Waals surface area contributed by atoms with Crippen molar-refractivity contribution in [3.63, 3.8) is 0 Å². The van der Waals surface area contributed by atoms with E-state index < -0.39 is 34.4 Å². The lowest BCUT2D eigenvalue weighted by Crippen LogP contribution is -2.38. The number of nitrogens with zero attached hydrogens (tertiary/aromatic N) is 2. The normalized spacial score (nSPS) is 10.6. The monoisotopic (exact) mass is 451 g/mol. The molecule has 0 bridgehead atoms. The molecule has 9 nitrogen and oxygen atoms in total. The number of nitrogen functional groups attached to an aromatic ring is 1. The Morgan fingerprint density at radius 3 is 2.52 bits per heavy atom. The fraction of sp³-hybridized carbons (Fsp3) is 0. The molecular weight excluding hydrogens is 436 g/mol. The second-order valence-electron chi connectivity index (χ2n) is 6.74. The molecule has 4 rings (SSSR count). The molecule has 11 heteroatoms. The summed E-state index contributed by atoms with van der Waals surface area (Å²) in [6, 6.07) is 11.1. The van der Waals surface area contributed by atoms with Gasteiger partial charge in [0.1, 0.15) is 22.9 Å². The van der Waals surface area contributed by atoms with Crippen molar-refractivity contribution in [2.24, 2.45) is 0 Å². The highest BCUT2D eigenvalue weighted by Gasteiger charge is 2.17. The van der Waals surface area contributed by atoms with Crippen molar-refractivity contribution in [3.8, 4) is 17.2 Å². The van der Waals surface area contributed by atoms with Gasteiger partial charge in [-0.1, -0.05) is 0 Å². The van der Waals surface area contributed by atoms with Crippen molar-refractivity contribution in [1.82, 2.24) is 14.5 Å². The maximum Gasteiger partial charge on any atom is 0.333 e.